The first-order chi connectivity index (χ1) is 14.4. The summed E-state index contributed by atoms with van der Waals surface area (Å²) in [5, 5.41) is 23.6. The van der Waals surface area contributed by atoms with Crippen LogP contribution in [0.15, 0.2) is 35.8 Å². The zero-order valence-electron chi connectivity index (χ0n) is 17.6. The first kappa shape index (κ1) is 22.2. The number of rotatable bonds is 7. The molecule has 1 fully saturated rings. The SMILES string of the molecule is CCC(C)(O)C#Cc1ccc(C(C=N)(CC2CCCC2)C(=O)Nc2nccs2)cc1. The molecule has 1 aliphatic carbocycles. The highest BCUT2D eigenvalue weighted by molar-refractivity contribution is 7.13. The van der Waals surface area contributed by atoms with E-state index < -0.39 is 11.0 Å². The van der Waals surface area contributed by atoms with Crippen LogP contribution in [0.25, 0.3) is 0 Å². The maximum absolute atomic E-state index is 13.4. The highest BCUT2D eigenvalue weighted by Gasteiger charge is 2.41. The van der Waals surface area contributed by atoms with Crippen molar-refractivity contribution in [3.05, 3.63) is 47.0 Å². The predicted molar refractivity (Wildman–Crippen MR) is 122 cm³/mol. The van der Waals surface area contributed by atoms with E-state index in [1.54, 1.807) is 13.1 Å². The molecule has 0 saturated heterocycles. The third-order valence-electron chi connectivity index (χ3n) is 5.95. The Morgan fingerprint density at radius 1 is 1.37 bits per heavy atom. The van der Waals surface area contributed by atoms with E-state index in [2.05, 4.69) is 22.1 Å². The highest BCUT2D eigenvalue weighted by atomic mass is 32.1. The van der Waals surface area contributed by atoms with Gasteiger partial charge in [-0.25, -0.2) is 4.98 Å². The predicted octanol–water partition coefficient (Wildman–Crippen LogP) is 4.76. The van der Waals surface area contributed by atoms with Gasteiger partial charge in [0.15, 0.2) is 5.13 Å². The smallest absolute Gasteiger partial charge is 0.242 e. The van der Waals surface area contributed by atoms with Gasteiger partial charge in [0.25, 0.3) is 0 Å². The molecule has 5 nitrogen and oxygen atoms in total. The van der Waals surface area contributed by atoms with Gasteiger partial charge in [-0.1, -0.05) is 56.6 Å². The summed E-state index contributed by atoms with van der Waals surface area (Å²) in [6.07, 6.45) is 8.65. The molecule has 1 amide bonds. The summed E-state index contributed by atoms with van der Waals surface area (Å²) in [7, 11) is 0. The van der Waals surface area contributed by atoms with Gasteiger partial charge in [0, 0.05) is 23.4 Å². The number of aromatic nitrogens is 1. The van der Waals surface area contributed by atoms with Gasteiger partial charge in [0.05, 0.1) is 0 Å². The lowest BCUT2D eigenvalue weighted by atomic mass is 9.73. The molecule has 1 aromatic carbocycles. The number of anilines is 1. The Morgan fingerprint density at radius 3 is 2.63 bits per heavy atom. The lowest BCUT2D eigenvalue weighted by Gasteiger charge is -2.31. The van der Waals surface area contributed by atoms with Crippen LogP contribution in [0.3, 0.4) is 0 Å². The van der Waals surface area contributed by atoms with E-state index >= 15 is 0 Å². The Kier molecular flexibility index (Phi) is 7.06. The van der Waals surface area contributed by atoms with Crippen molar-refractivity contribution >= 4 is 28.6 Å². The van der Waals surface area contributed by atoms with Crippen molar-refractivity contribution in [3.63, 3.8) is 0 Å². The summed E-state index contributed by atoms with van der Waals surface area (Å²) in [5.41, 5.74) is -0.506. The molecule has 2 unspecified atom stereocenters. The van der Waals surface area contributed by atoms with Gasteiger partial charge >= 0.3 is 0 Å². The quantitative estimate of drug-likeness (QED) is 0.443. The summed E-state index contributed by atoms with van der Waals surface area (Å²) in [6, 6.07) is 7.48. The minimum absolute atomic E-state index is 0.216. The largest absolute Gasteiger partial charge is 0.378 e. The van der Waals surface area contributed by atoms with Crippen molar-refractivity contribution < 1.29 is 9.90 Å². The fourth-order valence-corrected chi connectivity index (χ4v) is 4.38. The van der Waals surface area contributed by atoms with Gasteiger partial charge in [0.2, 0.25) is 5.91 Å². The van der Waals surface area contributed by atoms with Crippen LogP contribution >= 0.6 is 11.3 Å². The van der Waals surface area contributed by atoms with Crippen LogP contribution in [0.4, 0.5) is 5.13 Å². The number of hydrogen-bond donors (Lipinski definition) is 3. The third kappa shape index (κ3) is 5.16. The molecule has 1 heterocycles. The Labute approximate surface area is 182 Å². The lowest BCUT2D eigenvalue weighted by Crippen LogP contribution is -2.43. The van der Waals surface area contributed by atoms with Gasteiger partial charge < -0.3 is 15.8 Å². The van der Waals surface area contributed by atoms with Crippen LogP contribution in [0.2, 0.25) is 0 Å². The van der Waals surface area contributed by atoms with Crippen molar-refractivity contribution in [3.8, 4) is 11.8 Å². The number of thiazole rings is 1. The molecule has 0 bridgehead atoms. The number of amides is 1. The lowest BCUT2D eigenvalue weighted by molar-refractivity contribution is -0.119. The zero-order chi connectivity index (χ0) is 21.6. The average molecular weight is 424 g/mol. The van der Waals surface area contributed by atoms with E-state index in [0.717, 1.165) is 24.0 Å². The normalized spacial score (nSPS) is 18.0. The van der Waals surface area contributed by atoms with E-state index in [9.17, 15) is 9.90 Å². The van der Waals surface area contributed by atoms with Crippen molar-refractivity contribution in [2.24, 2.45) is 5.92 Å². The van der Waals surface area contributed by atoms with Gasteiger partial charge in [-0.15, -0.1) is 11.3 Å². The molecule has 30 heavy (non-hydrogen) atoms. The summed E-state index contributed by atoms with van der Waals surface area (Å²) >= 11 is 1.37. The molecular formula is C24H29N3O2S. The minimum atomic E-state index is -1.04. The van der Waals surface area contributed by atoms with Crippen molar-refractivity contribution in [1.82, 2.24) is 4.98 Å². The molecule has 3 N–H and O–H groups in total. The van der Waals surface area contributed by atoms with Crippen LogP contribution in [0, 0.1) is 23.2 Å². The topological polar surface area (TPSA) is 86.1 Å². The summed E-state index contributed by atoms with van der Waals surface area (Å²) < 4.78 is 0. The van der Waals surface area contributed by atoms with Gasteiger partial charge in [-0.3, -0.25) is 4.79 Å². The number of hydrogen-bond acceptors (Lipinski definition) is 5. The number of benzene rings is 1. The summed E-state index contributed by atoms with van der Waals surface area (Å²) in [4.78, 5) is 17.5. The molecule has 1 aromatic heterocycles. The molecule has 6 heteroatoms. The Morgan fingerprint density at radius 2 is 2.07 bits per heavy atom. The second kappa shape index (κ2) is 9.55. The Bertz CT molecular complexity index is 920. The fraction of sp³-hybridized carbons (Fsp3) is 0.458. The van der Waals surface area contributed by atoms with Crippen molar-refractivity contribution in [2.45, 2.75) is 63.4 Å². The molecular weight excluding hydrogens is 394 g/mol. The standard InChI is InChI=1S/C24H29N3O2S/c1-3-23(2,29)13-12-18-8-10-20(11-9-18)24(17-25,16-19-6-4-5-7-19)21(28)27-22-26-14-15-30-22/h8-11,14-15,17,19,25,29H,3-7,16H2,1-2H3,(H,26,27,28). The second-order valence-corrected chi connectivity index (χ2v) is 9.11. The van der Waals surface area contributed by atoms with Crippen molar-refractivity contribution in [1.29, 1.82) is 5.41 Å². The highest BCUT2D eigenvalue weighted by Crippen LogP contribution is 2.38. The Hall–Kier alpha value is -2.49. The summed E-state index contributed by atoms with van der Waals surface area (Å²) in [6.45, 7) is 3.58. The molecule has 158 valence electrons. The first-order valence-electron chi connectivity index (χ1n) is 10.5. The molecule has 2 aromatic rings. The van der Waals surface area contributed by atoms with E-state index in [1.165, 1.54) is 30.4 Å². The van der Waals surface area contributed by atoms with Crippen molar-refractivity contribution in [2.75, 3.05) is 5.32 Å². The number of carbonyl (C=O) groups is 1. The van der Waals surface area contributed by atoms with Crippen LogP contribution in [0.1, 0.15) is 63.5 Å². The van der Waals surface area contributed by atoms with E-state index in [4.69, 9.17) is 5.41 Å². The number of nitrogens with one attached hydrogen (secondary N) is 2. The zero-order valence-corrected chi connectivity index (χ0v) is 18.4. The molecule has 2 atom stereocenters. The number of nitrogens with zero attached hydrogens (tertiary/aromatic N) is 1. The molecule has 0 radical (unpaired) electrons. The van der Waals surface area contributed by atoms with Crippen LogP contribution < -0.4 is 5.32 Å². The minimum Gasteiger partial charge on any atom is -0.378 e. The maximum atomic E-state index is 13.4. The van der Waals surface area contributed by atoms with E-state index in [1.807, 2.05) is 36.6 Å². The fourth-order valence-electron chi connectivity index (χ4n) is 3.86. The van der Waals surface area contributed by atoms with E-state index in [-0.39, 0.29) is 5.91 Å². The molecule has 3 rings (SSSR count). The first-order valence-corrected chi connectivity index (χ1v) is 11.4. The van der Waals surface area contributed by atoms with Crippen LogP contribution in [0.5, 0.6) is 0 Å². The van der Waals surface area contributed by atoms with Gasteiger partial charge in [-0.2, -0.15) is 0 Å². The third-order valence-corrected chi connectivity index (χ3v) is 6.64. The maximum Gasteiger partial charge on any atom is 0.242 e. The number of carbonyl (C=O) groups excluding carboxylic acids is 1. The van der Waals surface area contributed by atoms with Gasteiger partial charge in [-0.05, 0) is 43.4 Å². The van der Waals surface area contributed by atoms with Gasteiger partial charge in [0.1, 0.15) is 11.0 Å². The van der Waals surface area contributed by atoms with Crippen LogP contribution in [-0.4, -0.2) is 27.8 Å². The monoisotopic (exact) mass is 423 g/mol. The molecule has 0 spiro atoms. The molecule has 0 aliphatic heterocycles. The average Bonchev–Trinajstić information content (AvgIpc) is 3.45. The van der Waals surface area contributed by atoms with E-state index in [0.29, 0.717) is 23.9 Å². The van der Waals surface area contributed by atoms with Crippen LogP contribution in [-0.2, 0) is 10.2 Å². The summed E-state index contributed by atoms with van der Waals surface area (Å²) in [5.74, 6) is 6.10. The number of aliphatic hydroxyl groups is 1. The molecule has 1 saturated carbocycles. The molecule has 1 aliphatic rings. The Balaban J connectivity index is 1.92. The second-order valence-electron chi connectivity index (χ2n) is 8.22.